The lowest BCUT2D eigenvalue weighted by molar-refractivity contribution is 1.13. The van der Waals surface area contributed by atoms with Crippen LogP contribution in [-0.2, 0) is 0 Å². The Balaban J connectivity index is 0.991. The van der Waals surface area contributed by atoms with Gasteiger partial charge in [-0.1, -0.05) is 212 Å². The Morgan fingerprint density at radius 3 is 1.17 bits per heavy atom. The molecular weight excluding hydrogens is 863 g/mol. The Bertz CT molecular complexity index is 4070. The summed E-state index contributed by atoms with van der Waals surface area (Å²) in [6.07, 6.45) is 0. The molecule has 0 unspecified atom stereocenters. The molecular formula is C66H45N3Si. The van der Waals surface area contributed by atoms with Crippen LogP contribution in [0.4, 0.5) is 0 Å². The lowest BCUT2D eigenvalue weighted by Gasteiger charge is -2.34. The topological polar surface area (TPSA) is 14.8 Å². The highest BCUT2D eigenvalue weighted by Gasteiger charge is 2.41. The minimum absolute atomic E-state index is 1.11. The van der Waals surface area contributed by atoms with Crippen molar-refractivity contribution >= 4 is 94.2 Å². The molecule has 328 valence electrons. The van der Waals surface area contributed by atoms with E-state index in [4.69, 9.17) is 0 Å². The molecule has 0 aliphatic heterocycles. The third kappa shape index (κ3) is 6.00. The zero-order valence-electron chi connectivity index (χ0n) is 38.3. The van der Waals surface area contributed by atoms with Gasteiger partial charge in [0, 0.05) is 43.7 Å². The fourth-order valence-corrected chi connectivity index (χ4v) is 16.6. The van der Waals surface area contributed by atoms with E-state index in [1.165, 1.54) is 91.8 Å². The molecule has 0 aliphatic carbocycles. The SMILES string of the molecule is c1ccc([Si](c2ccccc2)(c2ccccc2)c2ccc(-c3cccc(-n4c5ccc(-n6c7ccccc7c7ccccc76)cc5c5cccc(-n6c7ccccc7c7ccccc76)c54)c3)cc2)cc1. The zero-order valence-corrected chi connectivity index (χ0v) is 39.3. The fraction of sp³-hybridized carbons (Fsp3) is 0. The van der Waals surface area contributed by atoms with Crippen molar-refractivity contribution in [3.63, 3.8) is 0 Å². The van der Waals surface area contributed by atoms with Gasteiger partial charge < -0.3 is 13.7 Å². The molecule has 4 heteroatoms. The Kier molecular flexibility index (Phi) is 9.23. The second-order valence-corrected chi connectivity index (χ2v) is 22.2. The number of hydrogen-bond donors (Lipinski definition) is 0. The Hall–Kier alpha value is -8.96. The predicted octanol–water partition coefficient (Wildman–Crippen LogP) is 14.0. The van der Waals surface area contributed by atoms with Gasteiger partial charge in [-0.15, -0.1) is 0 Å². The molecule has 3 heterocycles. The van der Waals surface area contributed by atoms with Gasteiger partial charge in [-0.3, -0.25) is 0 Å². The van der Waals surface area contributed by atoms with Crippen LogP contribution < -0.4 is 20.7 Å². The van der Waals surface area contributed by atoms with Crippen LogP contribution in [0.25, 0.3) is 93.6 Å². The molecule has 0 radical (unpaired) electrons. The normalized spacial score (nSPS) is 12.0. The Morgan fingerprint density at radius 2 is 0.643 bits per heavy atom. The molecule has 0 amide bonds. The van der Waals surface area contributed by atoms with E-state index < -0.39 is 8.07 Å². The van der Waals surface area contributed by atoms with Crippen molar-refractivity contribution in [1.82, 2.24) is 13.7 Å². The second-order valence-electron chi connectivity index (χ2n) is 18.4. The lowest BCUT2D eigenvalue weighted by atomic mass is 10.1. The summed E-state index contributed by atoms with van der Waals surface area (Å²) in [6.45, 7) is 0. The maximum atomic E-state index is 2.51. The standard InChI is InChI=1S/C66H45N3Si/c1-4-22-50(23-5-1)70(51-24-6-2-7-25-51,52-26-8-3-9-27-52)53-41-38-46(39-42-53)47-20-18-21-48(44-47)68-64-43-40-49(67-60-33-14-10-28-54(60)55-29-11-15-34-61(55)67)45-59(64)58-32-19-37-65(66(58)68)69-62-35-16-12-30-56(62)57-31-13-17-36-63(57)69/h1-45H. The molecule has 0 bridgehead atoms. The third-order valence-electron chi connectivity index (χ3n) is 14.8. The molecule has 0 N–H and O–H groups in total. The van der Waals surface area contributed by atoms with E-state index in [9.17, 15) is 0 Å². The van der Waals surface area contributed by atoms with E-state index in [0.29, 0.717) is 0 Å². The molecule has 0 aliphatic rings. The van der Waals surface area contributed by atoms with Crippen molar-refractivity contribution in [2.45, 2.75) is 0 Å². The van der Waals surface area contributed by atoms with Crippen LogP contribution in [0.15, 0.2) is 273 Å². The van der Waals surface area contributed by atoms with Crippen molar-refractivity contribution in [1.29, 1.82) is 0 Å². The molecule has 3 aromatic heterocycles. The van der Waals surface area contributed by atoms with Crippen LogP contribution in [0, 0.1) is 0 Å². The largest absolute Gasteiger partial charge is 0.309 e. The van der Waals surface area contributed by atoms with E-state index in [0.717, 1.165) is 22.6 Å². The Morgan fingerprint density at radius 1 is 0.229 bits per heavy atom. The number of para-hydroxylation sites is 5. The van der Waals surface area contributed by atoms with Crippen LogP contribution >= 0.6 is 0 Å². The van der Waals surface area contributed by atoms with Crippen molar-refractivity contribution in [2.24, 2.45) is 0 Å². The third-order valence-corrected chi connectivity index (χ3v) is 19.6. The molecule has 0 saturated heterocycles. The minimum atomic E-state index is -2.68. The summed E-state index contributed by atoms with van der Waals surface area (Å²) in [5.41, 5.74) is 12.8. The van der Waals surface area contributed by atoms with Gasteiger partial charge >= 0.3 is 0 Å². The highest BCUT2D eigenvalue weighted by molar-refractivity contribution is 7.19. The number of aromatic nitrogens is 3. The summed E-state index contributed by atoms with van der Waals surface area (Å²) in [6, 6.07) is 101. The molecule has 0 spiro atoms. The Labute approximate surface area is 407 Å². The van der Waals surface area contributed by atoms with Gasteiger partial charge in [0.05, 0.1) is 38.8 Å². The van der Waals surface area contributed by atoms with Crippen molar-refractivity contribution in [2.75, 3.05) is 0 Å². The average molecular weight is 908 g/mol. The van der Waals surface area contributed by atoms with Crippen molar-refractivity contribution < 1.29 is 0 Å². The first-order chi connectivity index (χ1) is 34.8. The monoisotopic (exact) mass is 907 g/mol. The molecule has 0 fully saturated rings. The maximum absolute atomic E-state index is 2.68. The molecule has 11 aromatic carbocycles. The van der Waals surface area contributed by atoms with Gasteiger partial charge in [0.25, 0.3) is 0 Å². The van der Waals surface area contributed by atoms with E-state index in [2.05, 4.69) is 287 Å². The molecule has 14 aromatic rings. The highest BCUT2D eigenvalue weighted by atomic mass is 28.3. The summed E-state index contributed by atoms with van der Waals surface area (Å²) >= 11 is 0. The number of hydrogen-bond acceptors (Lipinski definition) is 0. The first-order valence-electron chi connectivity index (χ1n) is 24.2. The lowest BCUT2D eigenvalue weighted by Crippen LogP contribution is -2.74. The van der Waals surface area contributed by atoms with Gasteiger partial charge in [0.1, 0.15) is 0 Å². The highest BCUT2D eigenvalue weighted by Crippen LogP contribution is 2.42. The van der Waals surface area contributed by atoms with Crippen LogP contribution in [0.5, 0.6) is 0 Å². The van der Waals surface area contributed by atoms with Crippen LogP contribution in [0.2, 0.25) is 0 Å². The van der Waals surface area contributed by atoms with Gasteiger partial charge in [0.15, 0.2) is 8.07 Å². The summed E-state index contributed by atoms with van der Waals surface area (Å²) in [7, 11) is -2.68. The number of rotatable bonds is 8. The van der Waals surface area contributed by atoms with Crippen LogP contribution in [0.3, 0.4) is 0 Å². The summed E-state index contributed by atoms with van der Waals surface area (Å²) in [5, 5.41) is 12.9. The summed E-state index contributed by atoms with van der Waals surface area (Å²) in [4.78, 5) is 0. The van der Waals surface area contributed by atoms with Crippen LogP contribution in [0.1, 0.15) is 0 Å². The summed E-state index contributed by atoms with van der Waals surface area (Å²) < 4.78 is 7.41. The van der Waals surface area contributed by atoms with Gasteiger partial charge in [-0.2, -0.15) is 0 Å². The maximum Gasteiger partial charge on any atom is 0.179 e. The van der Waals surface area contributed by atoms with Crippen LogP contribution in [-0.4, -0.2) is 21.8 Å². The van der Waals surface area contributed by atoms with Gasteiger partial charge in [-0.05, 0) is 92.5 Å². The van der Waals surface area contributed by atoms with E-state index >= 15 is 0 Å². The molecule has 3 nitrogen and oxygen atoms in total. The number of benzene rings is 11. The molecule has 14 rings (SSSR count). The number of nitrogens with zero attached hydrogens (tertiary/aromatic N) is 3. The van der Waals surface area contributed by atoms with Gasteiger partial charge in [0.2, 0.25) is 0 Å². The first-order valence-corrected chi connectivity index (χ1v) is 26.2. The van der Waals surface area contributed by atoms with E-state index in [-0.39, 0.29) is 0 Å². The molecule has 0 atom stereocenters. The fourth-order valence-electron chi connectivity index (χ4n) is 11.8. The van der Waals surface area contributed by atoms with E-state index in [1.807, 2.05) is 0 Å². The first kappa shape index (κ1) is 40.1. The minimum Gasteiger partial charge on any atom is -0.309 e. The van der Waals surface area contributed by atoms with Gasteiger partial charge in [-0.25, -0.2) is 0 Å². The zero-order chi connectivity index (χ0) is 46.2. The molecule has 0 saturated carbocycles. The number of fused-ring (bicyclic) bond motifs is 9. The van der Waals surface area contributed by atoms with Crippen molar-refractivity contribution in [3.8, 4) is 28.2 Å². The van der Waals surface area contributed by atoms with E-state index in [1.54, 1.807) is 0 Å². The molecule has 70 heavy (non-hydrogen) atoms. The second kappa shape index (κ2) is 16.1. The average Bonchev–Trinajstić information content (AvgIpc) is 4.08. The smallest absolute Gasteiger partial charge is 0.179 e. The quantitative estimate of drug-likeness (QED) is 0.107. The summed E-state index contributed by atoms with van der Waals surface area (Å²) in [5.74, 6) is 0. The van der Waals surface area contributed by atoms with Crippen molar-refractivity contribution in [3.05, 3.63) is 273 Å². The predicted molar refractivity (Wildman–Crippen MR) is 299 cm³/mol.